The lowest BCUT2D eigenvalue weighted by molar-refractivity contribution is -0.133. The second-order valence-electron chi connectivity index (χ2n) is 5.06. The van der Waals surface area contributed by atoms with Gasteiger partial charge in [0.15, 0.2) is 0 Å². The molecule has 1 aliphatic rings. The molecule has 0 aromatic heterocycles. The molecule has 20 heavy (non-hydrogen) atoms. The standard InChI is InChI=1S/C14H23N3O3/c1-11(2)6-12(8-16(3)10-18)14(19)17-4-5-20-13(7-15)9-17/h6,8,10,13H,4-5,7,9,15H2,1-3H3/b12-8+. The SMILES string of the molecule is CC(C)=C/C(=C\N(C)C=O)C(=O)N1CCOC(CN)C1. The van der Waals surface area contributed by atoms with Gasteiger partial charge in [0.2, 0.25) is 6.41 Å². The van der Waals surface area contributed by atoms with Crippen LogP contribution in [0.25, 0.3) is 0 Å². The minimum Gasteiger partial charge on any atom is -0.373 e. The van der Waals surface area contributed by atoms with E-state index < -0.39 is 0 Å². The maximum Gasteiger partial charge on any atom is 0.255 e. The summed E-state index contributed by atoms with van der Waals surface area (Å²) in [5, 5.41) is 0. The predicted octanol–water partition coefficient (Wildman–Crippen LogP) is 0.111. The van der Waals surface area contributed by atoms with Crippen LogP contribution in [0.15, 0.2) is 23.4 Å². The Hall–Kier alpha value is -1.66. The summed E-state index contributed by atoms with van der Waals surface area (Å²) in [7, 11) is 1.60. The van der Waals surface area contributed by atoms with Crippen molar-refractivity contribution in [1.82, 2.24) is 9.80 Å². The lowest BCUT2D eigenvalue weighted by Crippen LogP contribution is -2.48. The van der Waals surface area contributed by atoms with Crippen LogP contribution in [0.4, 0.5) is 0 Å². The minimum absolute atomic E-state index is 0.110. The molecule has 0 aromatic rings. The molecule has 2 amide bonds. The smallest absolute Gasteiger partial charge is 0.255 e. The van der Waals surface area contributed by atoms with Gasteiger partial charge in [0.25, 0.3) is 5.91 Å². The second kappa shape index (κ2) is 7.81. The number of carbonyl (C=O) groups excluding carboxylic acids is 2. The van der Waals surface area contributed by atoms with Crippen molar-refractivity contribution in [2.75, 3.05) is 33.3 Å². The summed E-state index contributed by atoms with van der Waals surface area (Å²) in [4.78, 5) is 26.3. The van der Waals surface area contributed by atoms with E-state index in [0.29, 0.717) is 38.2 Å². The molecule has 0 aliphatic carbocycles. The van der Waals surface area contributed by atoms with Crippen LogP contribution in [0.5, 0.6) is 0 Å². The van der Waals surface area contributed by atoms with Crippen molar-refractivity contribution in [1.29, 1.82) is 0 Å². The largest absolute Gasteiger partial charge is 0.373 e. The Labute approximate surface area is 119 Å². The normalized spacial score (nSPS) is 19.5. The highest BCUT2D eigenvalue weighted by Crippen LogP contribution is 2.12. The van der Waals surface area contributed by atoms with Crippen molar-refractivity contribution in [2.45, 2.75) is 20.0 Å². The number of allylic oxidation sites excluding steroid dienone is 1. The monoisotopic (exact) mass is 281 g/mol. The fourth-order valence-corrected chi connectivity index (χ4v) is 1.94. The molecule has 0 spiro atoms. The summed E-state index contributed by atoms with van der Waals surface area (Å²) >= 11 is 0. The number of nitrogens with two attached hydrogens (primary N) is 1. The summed E-state index contributed by atoms with van der Waals surface area (Å²) in [6, 6.07) is 0. The summed E-state index contributed by atoms with van der Waals surface area (Å²) in [6.07, 6.45) is 3.85. The molecule has 1 rings (SSSR count). The maximum atomic E-state index is 12.5. The van der Waals surface area contributed by atoms with Gasteiger partial charge >= 0.3 is 0 Å². The zero-order chi connectivity index (χ0) is 15.1. The lowest BCUT2D eigenvalue weighted by atomic mass is 10.1. The van der Waals surface area contributed by atoms with Crippen LogP contribution in [-0.4, -0.2) is 61.5 Å². The molecule has 0 radical (unpaired) electrons. The van der Waals surface area contributed by atoms with Crippen LogP contribution in [0.1, 0.15) is 13.8 Å². The molecule has 0 bridgehead atoms. The van der Waals surface area contributed by atoms with E-state index in [4.69, 9.17) is 10.5 Å². The van der Waals surface area contributed by atoms with Crippen molar-refractivity contribution in [3.8, 4) is 0 Å². The Balaban J connectivity index is 2.90. The topological polar surface area (TPSA) is 75.9 Å². The number of hydrogen-bond donors (Lipinski definition) is 1. The Bertz CT molecular complexity index is 414. The van der Waals surface area contributed by atoms with Gasteiger partial charge in [-0.05, 0) is 19.9 Å². The number of rotatable bonds is 5. The molecule has 6 nitrogen and oxygen atoms in total. The van der Waals surface area contributed by atoms with Gasteiger partial charge in [-0.25, -0.2) is 0 Å². The number of hydrogen-bond acceptors (Lipinski definition) is 4. The van der Waals surface area contributed by atoms with E-state index in [1.807, 2.05) is 13.8 Å². The fraction of sp³-hybridized carbons (Fsp3) is 0.571. The zero-order valence-corrected chi connectivity index (χ0v) is 12.3. The zero-order valence-electron chi connectivity index (χ0n) is 12.3. The van der Waals surface area contributed by atoms with Crippen molar-refractivity contribution < 1.29 is 14.3 Å². The molecule has 1 fully saturated rings. The van der Waals surface area contributed by atoms with E-state index in [-0.39, 0.29) is 12.0 Å². The van der Waals surface area contributed by atoms with Gasteiger partial charge in [0.1, 0.15) is 0 Å². The number of amides is 2. The highest BCUT2D eigenvalue weighted by molar-refractivity contribution is 5.96. The molecule has 1 saturated heterocycles. The molecule has 6 heteroatoms. The molecule has 1 aliphatic heterocycles. The van der Waals surface area contributed by atoms with Crippen LogP contribution in [0.3, 0.4) is 0 Å². The lowest BCUT2D eigenvalue weighted by Gasteiger charge is -2.32. The van der Waals surface area contributed by atoms with Crippen LogP contribution in [0.2, 0.25) is 0 Å². The Kier molecular flexibility index (Phi) is 6.41. The molecule has 1 atom stereocenters. The third-order valence-corrected chi connectivity index (χ3v) is 2.89. The molecular weight excluding hydrogens is 258 g/mol. The van der Waals surface area contributed by atoms with Crippen LogP contribution in [0, 0.1) is 0 Å². The highest BCUT2D eigenvalue weighted by atomic mass is 16.5. The Morgan fingerprint density at radius 2 is 2.20 bits per heavy atom. The number of morpholine rings is 1. The van der Waals surface area contributed by atoms with Gasteiger partial charge < -0.3 is 20.3 Å². The molecule has 1 unspecified atom stereocenters. The highest BCUT2D eigenvalue weighted by Gasteiger charge is 2.25. The van der Waals surface area contributed by atoms with E-state index in [0.717, 1.165) is 5.57 Å². The molecule has 112 valence electrons. The number of nitrogens with zero attached hydrogens (tertiary/aromatic N) is 2. The first-order valence-electron chi connectivity index (χ1n) is 6.62. The fourth-order valence-electron chi connectivity index (χ4n) is 1.94. The second-order valence-corrected chi connectivity index (χ2v) is 5.06. The Morgan fingerprint density at radius 3 is 2.75 bits per heavy atom. The Morgan fingerprint density at radius 1 is 1.50 bits per heavy atom. The van der Waals surface area contributed by atoms with Crippen molar-refractivity contribution in [3.63, 3.8) is 0 Å². The van der Waals surface area contributed by atoms with E-state index in [2.05, 4.69) is 0 Å². The van der Waals surface area contributed by atoms with Crippen LogP contribution >= 0.6 is 0 Å². The number of carbonyl (C=O) groups is 2. The third kappa shape index (κ3) is 4.79. The quantitative estimate of drug-likeness (QED) is 0.441. The molecule has 0 aromatic carbocycles. The first-order valence-corrected chi connectivity index (χ1v) is 6.62. The predicted molar refractivity (Wildman–Crippen MR) is 76.7 cm³/mol. The first-order chi connectivity index (χ1) is 9.47. The van der Waals surface area contributed by atoms with Gasteiger partial charge in [0, 0.05) is 32.9 Å². The van der Waals surface area contributed by atoms with E-state index in [1.54, 1.807) is 18.0 Å². The van der Waals surface area contributed by atoms with Crippen molar-refractivity contribution >= 4 is 12.3 Å². The summed E-state index contributed by atoms with van der Waals surface area (Å²) in [5.74, 6) is -0.110. The van der Waals surface area contributed by atoms with Gasteiger partial charge in [-0.1, -0.05) is 5.57 Å². The summed E-state index contributed by atoms with van der Waals surface area (Å²) in [5.41, 5.74) is 7.06. The molecule has 1 heterocycles. The third-order valence-electron chi connectivity index (χ3n) is 2.89. The van der Waals surface area contributed by atoms with Crippen molar-refractivity contribution in [2.24, 2.45) is 5.73 Å². The summed E-state index contributed by atoms with van der Waals surface area (Å²) < 4.78 is 5.45. The summed E-state index contributed by atoms with van der Waals surface area (Å²) in [6.45, 7) is 5.70. The van der Waals surface area contributed by atoms with E-state index >= 15 is 0 Å². The number of ether oxygens (including phenoxy) is 1. The molecular formula is C14H23N3O3. The van der Waals surface area contributed by atoms with Crippen LogP contribution < -0.4 is 5.73 Å². The van der Waals surface area contributed by atoms with Gasteiger partial charge in [-0.2, -0.15) is 0 Å². The van der Waals surface area contributed by atoms with Crippen molar-refractivity contribution in [3.05, 3.63) is 23.4 Å². The minimum atomic E-state index is -0.121. The van der Waals surface area contributed by atoms with Crippen LogP contribution in [-0.2, 0) is 14.3 Å². The van der Waals surface area contributed by atoms with E-state index in [1.165, 1.54) is 11.1 Å². The maximum absolute atomic E-state index is 12.5. The van der Waals surface area contributed by atoms with Gasteiger partial charge in [-0.15, -0.1) is 0 Å². The van der Waals surface area contributed by atoms with E-state index in [9.17, 15) is 9.59 Å². The average Bonchev–Trinajstić information content (AvgIpc) is 2.45. The van der Waals surface area contributed by atoms with Gasteiger partial charge in [-0.3, -0.25) is 9.59 Å². The average molecular weight is 281 g/mol. The van der Waals surface area contributed by atoms with Gasteiger partial charge in [0.05, 0.1) is 18.3 Å². The first kappa shape index (κ1) is 16.4. The molecule has 2 N–H and O–H groups in total. The molecule has 0 saturated carbocycles.